The van der Waals surface area contributed by atoms with E-state index in [9.17, 15) is 39.6 Å². The van der Waals surface area contributed by atoms with Gasteiger partial charge < -0.3 is 9.80 Å². The maximum atomic E-state index is 13.9. The molecule has 0 bridgehead atoms. The average molecular weight is 662 g/mol. The zero-order chi connectivity index (χ0) is 32.8. The number of anilines is 2. The van der Waals surface area contributed by atoms with Crippen LogP contribution in [0.15, 0.2) is 54.7 Å². The predicted molar refractivity (Wildman–Crippen MR) is 158 cm³/mol. The van der Waals surface area contributed by atoms with Crippen molar-refractivity contribution < 1.29 is 39.6 Å². The topological polar surface area (TPSA) is 70.6 Å². The lowest BCUT2D eigenvalue weighted by Gasteiger charge is -2.34. The number of piperidine rings is 1. The Hall–Kier alpha value is -3.32. The molecule has 0 unspecified atom stereocenters. The van der Waals surface area contributed by atoms with Crippen LogP contribution in [0.2, 0.25) is 5.02 Å². The lowest BCUT2D eigenvalue weighted by Crippen LogP contribution is -2.42. The van der Waals surface area contributed by atoms with Crippen molar-refractivity contribution in [3.8, 4) is 11.1 Å². The number of aromatic nitrogens is 1. The van der Waals surface area contributed by atoms with Gasteiger partial charge in [-0.05, 0) is 62.6 Å². The molecular weight excluding hydrogens is 632 g/mol. The van der Waals surface area contributed by atoms with E-state index in [1.165, 1.54) is 33.3 Å². The molecule has 14 heteroatoms. The monoisotopic (exact) mass is 661 g/mol. The molecule has 1 aliphatic heterocycles. The molecule has 1 fully saturated rings. The molecule has 6 nitrogen and oxygen atoms in total. The first-order valence-corrected chi connectivity index (χ1v) is 15.8. The Labute approximate surface area is 256 Å². The number of likely N-dealkylation sites (N-methyl/N-ethyl adjacent to an activating group) is 1. The molecule has 1 aromatic heterocycles. The SMILES string of the molecule is CN(C(=O)C(C)(C)c1cc(C(F)(F)F)cc(C(F)(F)F)c1)c1cnc(N2CCC(S(C)(=O)=O)CC2)cc1-c1ccccc1Cl. The van der Waals surface area contributed by atoms with Gasteiger partial charge in [-0.2, -0.15) is 26.3 Å². The summed E-state index contributed by atoms with van der Waals surface area (Å²) in [5.74, 6) is -0.301. The summed E-state index contributed by atoms with van der Waals surface area (Å²) in [6, 6.07) is 9.56. The van der Waals surface area contributed by atoms with E-state index in [1.54, 1.807) is 30.3 Å². The lowest BCUT2D eigenvalue weighted by molar-refractivity contribution is -0.143. The quantitative estimate of drug-likeness (QED) is 0.258. The van der Waals surface area contributed by atoms with Crippen LogP contribution in [0.5, 0.6) is 0 Å². The van der Waals surface area contributed by atoms with Gasteiger partial charge in [0.15, 0.2) is 0 Å². The molecular formula is C30H30ClF6N3O3S. The summed E-state index contributed by atoms with van der Waals surface area (Å²) >= 11 is 6.51. The fourth-order valence-electron chi connectivity index (χ4n) is 5.25. The molecule has 3 aromatic rings. The summed E-state index contributed by atoms with van der Waals surface area (Å²) in [5, 5.41) is -0.143. The van der Waals surface area contributed by atoms with Crippen LogP contribution in [-0.2, 0) is 32.4 Å². The van der Waals surface area contributed by atoms with Crippen molar-refractivity contribution in [3.63, 3.8) is 0 Å². The Morgan fingerprint density at radius 1 is 0.909 bits per heavy atom. The third-order valence-corrected chi connectivity index (χ3v) is 9.93. The van der Waals surface area contributed by atoms with Gasteiger partial charge in [0.2, 0.25) is 5.91 Å². The van der Waals surface area contributed by atoms with Crippen molar-refractivity contribution >= 4 is 38.9 Å². The van der Waals surface area contributed by atoms with E-state index < -0.39 is 55.5 Å². The van der Waals surface area contributed by atoms with Crippen molar-refractivity contribution in [1.29, 1.82) is 0 Å². The van der Waals surface area contributed by atoms with Crippen LogP contribution < -0.4 is 9.80 Å². The van der Waals surface area contributed by atoms with Crippen LogP contribution in [0, 0.1) is 0 Å². The largest absolute Gasteiger partial charge is 0.416 e. The first-order valence-electron chi connectivity index (χ1n) is 13.5. The van der Waals surface area contributed by atoms with Gasteiger partial charge in [0.05, 0.1) is 33.7 Å². The van der Waals surface area contributed by atoms with Crippen LogP contribution >= 0.6 is 11.6 Å². The minimum Gasteiger partial charge on any atom is -0.357 e. The highest BCUT2D eigenvalue weighted by Crippen LogP contribution is 2.42. The number of hydrogen-bond donors (Lipinski definition) is 0. The number of halogens is 7. The number of nitrogens with zero attached hydrogens (tertiary/aromatic N) is 3. The molecule has 0 aliphatic carbocycles. The van der Waals surface area contributed by atoms with Gasteiger partial charge in [0, 0.05) is 42.5 Å². The molecule has 0 radical (unpaired) electrons. The predicted octanol–water partition coefficient (Wildman–Crippen LogP) is 7.39. The van der Waals surface area contributed by atoms with E-state index in [1.807, 2.05) is 4.90 Å². The van der Waals surface area contributed by atoms with E-state index in [-0.39, 0.29) is 11.8 Å². The minimum atomic E-state index is -5.08. The molecule has 1 saturated heterocycles. The van der Waals surface area contributed by atoms with Crippen LogP contribution in [0.3, 0.4) is 0 Å². The minimum absolute atomic E-state index is 0.0185. The highest BCUT2D eigenvalue weighted by Gasteiger charge is 2.41. The molecule has 2 heterocycles. The summed E-state index contributed by atoms with van der Waals surface area (Å²) in [6.45, 7) is 3.32. The number of sulfone groups is 1. The number of hydrogen-bond acceptors (Lipinski definition) is 5. The zero-order valence-corrected chi connectivity index (χ0v) is 25.8. The number of amides is 1. The molecule has 44 heavy (non-hydrogen) atoms. The third-order valence-electron chi connectivity index (χ3n) is 7.91. The van der Waals surface area contributed by atoms with Crippen LogP contribution in [0.1, 0.15) is 43.4 Å². The van der Waals surface area contributed by atoms with Crippen LogP contribution in [0.4, 0.5) is 37.8 Å². The van der Waals surface area contributed by atoms with E-state index in [0.717, 1.165) is 4.90 Å². The first kappa shape index (κ1) is 33.6. The van der Waals surface area contributed by atoms with Crippen molar-refractivity contribution in [1.82, 2.24) is 4.98 Å². The van der Waals surface area contributed by atoms with E-state index in [4.69, 9.17) is 11.6 Å². The van der Waals surface area contributed by atoms with E-state index in [0.29, 0.717) is 60.0 Å². The smallest absolute Gasteiger partial charge is 0.357 e. The highest BCUT2D eigenvalue weighted by atomic mass is 35.5. The Morgan fingerprint density at radius 3 is 1.93 bits per heavy atom. The number of pyridine rings is 1. The summed E-state index contributed by atoms with van der Waals surface area (Å²) in [7, 11) is -1.85. The fourth-order valence-corrected chi connectivity index (χ4v) is 6.56. The molecule has 0 saturated carbocycles. The Kier molecular flexibility index (Phi) is 9.07. The van der Waals surface area contributed by atoms with Crippen LogP contribution in [0.25, 0.3) is 11.1 Å². The normalized spacial score (nSPS) is 15.4. The van der Waals surface area contributed by atoms with E-state index in [2.05, 4.69) is 4.98 Å². The highest BCUT2D eigenvalue weighted by molar-refractivity contribution is 7.91. The molecule has 2 aromatic carbocycles. The van der Waals surface area contributed by atoms with Gasteiger partial charge in [-0.25, -0.2) is 13.4 Å². The Bertz CT molecular complexity index is 1630. The number of rotatable bonds is 6. The Balaban J connectivity index is 1.77. The van der Waals surface area contributed by atoms with Crippen molar-refractivity contribution in [3.05, 3.63) is 76.4 Å². The maximum absolute atomic E-state index is 13.9. The van der Waals surface area contributed by atoms with Gasteiger partial charge in [-0.3, -0.25) is 4.79 Å². The zero-order valence-electron chi connectivity index (χ0n) is 24.2. The second-order valence-electron chi connectivity index (χ2n) is 11.3. The number of carbonyl (C=O) groups is 1. The summed E-state index contributed by atoms with van der Waals surface area (Å²) in [5.41, 5.74) is -4.17. The molecule has 238 valence electrons. The van der Waals surface area contributed by atoms with E-state index >= 15 is 0 Å². The van der Waals surface area contributed by atoms with Gasteiger partial charge >= 0.3 is 12.4 Å². The van der Waals surface area contributed by atoms with Crippen LogP contribution in [-0.4, -0.2) is 51.0 Å². The first-order chi connectivity index (χ1) is 20.2. The molecule has 1 amide bonds. The van der Waals surface area contributed by atoms with Crippen molar-refractivity contribution in [2.75, 3.05) is 36.2 Å². The lowest BCUT2D eigenvalue weighted by atomic mass is 9.81. The van der Waals surface area contributed by atoms with Gasteiger partial charge in [-0.1, -0.05) is 29.8 Å². The number of benzene rings is 2. The molecule has 1 aliphatic rings. The summed E-state index contributed by atoms with van der Waals surface area (Å²) in [4.78, 5) is 21.4. The molecule has 4 rings (SSSR count). The summed E-state index contributed by atoms with van der Waals surface area (Å²) in [6.07, 6.45) is -6.77. The second kappa shape index (κ2) is 11.9. The average Bonchev–Trinajstić information content (AvgIpc) is 2.95. The molecule has 0 spiro atoms. The Morgan fingerprint density at radius 2 is 1.43 bits per heavy atom. The third kappa shape index (κ3) is 6.98. The second-order valence-corrected chi connectivity index (χ2v) is 14.1. The van der Waals surface area contributed by atoms with Gasteiger partial charge in [0.1, 0.15) is 15.7 Å². The van der Waals surface area contributed by atoms with Gasteiger partial charge in [-0.15, -0.1) is 0 Å². The number of alkyl halides is 6. The number of carbonyl (C=O) groups excluding carboxylic acids is 1. The summed E-state index contributed by atoms with van der Waals surface area (Å²) < 4.78 is 106. The van der Waals surface area contributed by atoms with Crippen molar-refractivity contribution in [2.45, 2.75) is 49.7 Å². The molecule has 0 atom stereocenters. The maximum Gasteiger partial charge on any atom is 0.416 e. The fraction of sp³-hybridized carbons (Fsp3) is 0.400. The van der Waals surface area contributed by atoms with Crippen molar-refractivity contribution in [2.24, 2.45) is 0 Å². The molecule has 0 N–H and O–H groups in total. The van der Waals surface area contributed by atoms with Gasteiger partial charge in [0.25, 0.3) is 0 Å². The standard InChI is InChI=1S/C30H30ClF6N3O3S/c1-28(2,18-13-19(29(32,33)34)15-20(14-18)30(35,36)37)27(41)39(3)25-17-38-26(16-23(25)22-7-5-6-8-24(22)31)40-11-9-21(10-12-40)44(4,42)43/h5-8,13-17,21H,9-12H2,1-4H3.